The van der Waals surface area contributed by atoms with Crippen LogP contribution in [0.5, 0.6) is 0 Å². The third-order valence-corrected chi connectivity index (χ3v) is 3.15. The lowest BCUT2D eigenvalue weighted by Gasteiger charge is -2.07. The van der Waals surface area contributed by atoms with Gasteiger partial charge in [0, 0.05) is 20.1 Å². The number of nitrogens with one attached hydrogen (secondary N) is 1. The van der Waals surface area contributed by atoms with Crippen molar-refractivity contribution in [1.29, 1.82) is 0 Å². The molecule has 1 amide bonds. The van der Waals surface area contributed by atoms with E-state index < -0.39 is 0 Å². The van der Waals surface area contributed by atoms with Crippen LogP contribution in [0.25, 0.3) is 0 Å². The zero-order valence-corrected chi connectivity index (χ0v) is 9.60. The zero-order chi connectivity index (χ0) is 11.0. The van der Waals surface area contributed by atoms with E-state index in [1.807, 2.05) is 0 Å². The Bertz CT molecular complexity index is 383. The number of hydrogen-bond acceptors (Lipinski definition) is 5. The van der Waals surface area contributed by atoms with Crippen molar-refractivity contribution < 1.29 is 4.79 Å². The van der Waals surface area contributed by atoms with Gasteiger partial charge in [-0.05, 0) is 12.8 Å². The number of nitrogens with zero attached hydrogens (tertiary/aromatic N) is 2. The Kier molecular flexibility index (Phi) is 2.52. The smallest absolute Gasteiger partial charge is 0.267 e. The van der Waals surface area contributed by atoms with Crippen molar-refractivity contribution in [3.63, 3.8) is 0 Å². The van der Waals surface area contributed by atoms with Crippen molar-refractivity contribution in [2.45, 2.75) is 18.9 Å². The Balaban J connectivity index is 2.16. The molecule has 0 spiro atoms. The summed E-state index contributed by atoms with van der Waals surface area (Å²) in [6.45, 7) is 0. The minimum Gasteiger partial charge on any atom is -0.382 e. The molecule has 82 valence electrons. The molecule has 2 rings (SSSR count). The van der Waals surface area contributed by atoms with E-state index in [0.717, 1.165) is 5.13 Å². The van der Waals surface area contributed by atoms with Gasteiger partial charge in [-0.15, -0.1) is 0 Å². The van der Waals surface area contributed by atoms with E-state index in [2.05, 4.69) is 10.3 Å². The predicted octanol–water partition coefficient (Wildman–Crippen LogP) is 1.00. The lowest BCUT2D eigenvalue weighted by molar-refractivity contribution is 0.0833. The van der Waals surface area contributed by atoms with Crippen LogP contribution in [0.2, 0.25) is 0 Å². The molecular weight excluding hydrogens is 212 g/mol. The molecule has 1 aromatic heterocycles. The number of anilines is 2. The number of carbonyl (C=O) groups is 1. The average molecular weight is 226 g/mol. The summed E-state index contributed by atoms with van der Waals surface area (Å²) >= 11 is 1.33. The molecule has 0 atom stereocenters. The number of carbonyl (C=O) groups excluding carboxylic acids is 1. The van der Waals surface area contributed by atoms with Crippen molar-refractivity contribution in [2.75, 3.05) is 25.1 Å². The Labute approximate surface area is 92.3 Å². The molecule has 0 radical (unpaired) electrons. The molecule has 0 saturated heterocycles. The van der Waals surface area contributed by atoms with Crippen molar-refractivity contribution >= 4 is 28.2 Å². The lowest BCUT2D eigenvalue weighted by atomic mass is 10.4. The second-order valence-electron chi connectivity index (χ2n) is 3.85. The molecule has 6 heteroatoms. The molecule has 15 heavy (non-hydrogen) atoms. The maximum Gasteiger partial charge on any atom is 0.267 e. The molecule has 1 saturated carbocycles. The molecule has 1 heterocycles. The van der Waals surface area contributed by atoms with E-state index in [4.69, 9.17) is 5.73 Å². The van der Waals surface area contributed by atoms with Gasteiger partial charge in [-0.2, -0.15) is 0 Å². The predicted molar refractivity (Wildman–Crippen MR) is 61.2 cm³/mol. The second kappa shape index (κ2) is 3.69. The zero-order valence-electron chi connectivity index (χ0n) is 8.78. The Morgan fingerprint density at radius 2 is 2.27 bits per heavy atom. The summed E-state index contributed by atoms with van der Waals surface area (Å²) < 4.78 is 0. The summed E-state index contributed by atoms with van der Waals surface area (Å²) in [4.78, 5) is 17.8. The van der Waals surface area contributed by atoms with Gasteiger partial charge < -0.3 is 16.0 Å². The summed E-state index contributed by atoms with van der Waals surface area (Å²) in [5.41, 5.74) is 5.69. The molecule has 1 aliphatic carbocycles. The molecule has 1 fully saturated rings. The van der Waals surface area contributed by atoms with Crippen LogP contribution in [-0.4, -0.2) is 35.9 Å². The fourth-order valence-corrected chi connectivity index (χ4v) is 2.14. The van der Waals surface area contributed by atoms with Crippen LogP contribution in [0.4, 0.5) is 10.9 Å². The van der Waals surface area contributed by atoms with Gasteiger partial charge in [0.15, 0.2) is 5.13 Å². The largest absolute Gasteiger partial charge is 0.382 e. The van der Waals surface area contributed by atoms with Crippen molar-refractivity contribution in [2.24, 2.45) is 0 Å². The molecule has 0 aliphatic heterocycles. The van der Waals surface area contributed by atoms with Gasteiger partial charge in [0.2, 0.25) is 0 Å². The van der Waals surface area contributed by atoms with Crippen LogP contribution in [0.15, 0.2) is 0 Å². The van der Waals surface area contributed by atoms with Crippen LogP contribution in [0, 0.1) is 0 Å². The van der Waals surface area contributed by atoms with Crippen molar-refractivity contribution in [3.8, 4) is 0 Å². The van der Waals surface area contributed by atoms with E-state index in [-0.39, 0.29) is 5.91 Å². The van der Waals surface area contributed by atoms with Gasteiger partial charge in [0.25, 0.3) is 5.91 Å². The van der Waals surface area contributed by atoms with Crippen LogP contribution in [-0.2, 0) is 0 Å². The highest BCUT2D eigenvalue weighted by Crippen LogP contribution is 2.30. The summed E-state index contributed by atoms with van der Waals surface area (Å²) in [6, 6.07) is 0.526. The summed E-state index contributed by atoms with van der Waals surface area (Å²) in [5, 5.41) is 3.98. The van der Waals surface area contributed by atoms with E-state index in [9.17, 15) is 4.79 Å². The average Bonchev–Trinajstić information content (AvgIpc) is 2.89. The highest BCUT2D eigenvalue weighted by molar-refractivity contribution is 7.18. The van der Waals surface area contributed by atoms with E-state index in [1.54, 1.807) is 14.1 Å². The SMILES string of the molecule is CN(C)C(=O)c1sc(NC2CC2)nc1N. The number of amides is 1. The normalized spacial score (nSPS) is 15.1. The van der Waals surface area contributed by atoms with Crippen LogP contribution >= 0.6 is 11.3 Å². The van der Waals surface area contributed by atoms with Crippen LogP contribution < -0.4 is 11.1 Å². The highest BCUT2D eigenvalue weighted by Gasteiger charge is 2.24. The monoisotopic (exact) mass is 226 g/mol. The molecule has 0 unspecified atom stereocenters. The summed E-state index contributed by atoms with van der Waals surface area (Å²) in [6.07, 6.45) is 2.35. The first kappa shape index (κ1) is 10.2. The quantitative estimate of drug-likeness (QED) is 0.806. The number of nitrogens with two attached hydrogens (primary N) is 1. The Hall–Kier alpha value is -1.30. The fourth-order valence-electron chi connectivity index (χ4n) is 1.15. The minimum absolute atomic E-state index is 0.0890. The molecular formula is C9H14N4OS. The Morgan fingerprint density at radius 3 is 2.80 bits per heavy atom. The molecule has 3 N–H and O–H groups in total. The number of rotatable bonds is 3. The van der Waals surface area contributed by atoms with Crippen LogP contribution in [0.3, 0.4) is 0 Å². The van der Waals surface area contributed by atoms with Gasteiger partial charge in [0.05, 0.1) is 0 Å². The summed E-state index contributed by atoms with van der Waals surface area (Å²) in [5.74, 6) is 0.232. The van der Waals surface area contributed by atoms with Gasteiger partial charge in [-0.25, -0.2) is 4.98 Å². The summed E-state index contributed by atoms with van der Waals surface area (Å²) in [7, 11) is 3.41. The molecule has 1 aliphatic rings. The molecule has 1 aromatic rings. The van der Waals surface area contributed by atoms with Crippen LogP contribution in [0.1, 0.15) is 22.5 Å². The topological polar surface area (TPSA) is 71.2 Å². The van der Waals surface area contributed by atoms with Gasteiger partial charge in [0.1, 0.15) is 10.7 Å². The molecule has 0 bridgehead atoms. The van der Waals surface area contributed by atoms with Gasteiger partial charge >= 0.3 is 0 Å². The van der Waals surface area contributed by atoms with E-state index in [1.165, 1.54) is 29.1 Å². The maximum absolute atomic E-state index is 11.7. The first-order chi connectivity index (χ1) is 7.08. The number of aromatic nitrogens is 1. The minimum atomic E-state index is -0.0890. The van der Waals surface area contributed by atoms with Crippen molar-refractivity contribution in [1.82, 2.24) is 9.88 Å². The first-order valence-electron chi connectivity index (χ1n) is 4.82. The molecule has 5 nitrogen and oxygen atoms in total. The third kappa shape index (κ3) is 2.20. The first-order valence-corrected chi connectivity index (χ1v) is 5.64. The second-order valence-corrected chi connectivity index (χ2v) is 4.85. The van der Waals surface area contributed by atoms with Gasteiger partial charge in [-0.3, -0.25) is 4.79 Å². The van der Waals surface area contributed by atoms with E-state index >= 15 is 0 Å². The standard InChI is InChI=1S/C9H14N4OS/c1-13(2)8(14)6-7(10)12-9(15-6)11-5-3-4-5/h5H,3-4,10H2,1-2H3,(H,11,12). The highest BCUT2D eigenvalue weighted by atomic mass is 32.1. The van der Waals surface area contributed by atoms with Gasteiger partial charge in [-0.1, -0.05) is 11.3 Å². The number of hydrogen-bond donors (Lipinski definition) is 2. The van der Waals surface area contributed by atoms with E-state index in [0.29, 0.717) is 16.7 Å². The van der Waals surface area contributed by atoms with Crippen molar-refractivity contribution in [3.05, 3.63) is 4.88 Å². The fraction of sp³-hybridized carbons (Fsp3) is 0.556. The maximum atomic E-state index is 11.7. The Morgan fingerprint density at radius 1 is 1.60 bits per heavy atom. The lowest BCUT2D eigenvalue weighted by Crippen LogP contribution is -2.21. The molecule has 0 aromatic carbocycles. The number of nitrogen functional groups attached to an aromatic ring is 1. The third-order valence-electron chi connectivity index (χ3n) is 2.16. The number of thiazole rings is 1.